The summed E-state index contributed by atoms with van der Waals surface area (Å²) in [5.41, 5.74) is 0.448. The fourth-order valence-corrected chi connectivity index (χ4v) is 2.31. The first-order chi connectivity index (χ1) is 11.0. The molecule has 0 bridgehead atoms. The van der Waals surface area contributed by atoms with Gasteiger partial charge >= 0.3 is 0 Å². The molecule has 8 nitrogen and oxygen atoms in total. The third-order valence-corrected chi connectivity index (χ3v) is 3.49. The molecule has 0 saturated carbocycles. The first-order valence-corrected chi connectivity index (χ1v) is 7.02. The molecule has 1 fully saturated rings. The van der Waals surface area contributed by atoms with Crippen molar-refractivity contribution in [2.75, 3.05) is 6.61 Å². The lowest BCUT2D eigenvalue weighted by atomic mass is 9.97. The maximum absolute atomic E-state index is 11.3. The number of carbonyl (C=O) groups is 1. The first-order valence-electron chi connectivity index (χ1n) is 7.02. The van der Waals surface area contributed by atoms with E-state index in [2.05, 4.69) is 5.32 Å². The highest BCUT2D eigenvalue weighted by molar-refractivity contribution is 5.73. The highest BCUT2D eigenvalue weighted by atomic mass is 16.7. The minimum absolute atomic E-state index is 0.352. The second-order valence-electron chi connectivity index (χ2n) is 5.19. The predicted molar refractivity (Wildman–Crippen MR) is 77.2 cm³/mol. The summed E-state index contributed by atoms with van der Waals surface area (Å²) in [6, 6.07) is 7.12. The number of nitrogens with zero attached hydrogens (tertiary/aromatic N) is 1. The second kappa shape index (κ2) is 7.39. The first kappa shape index (κ1) is 17.2. The van der Waals surface area contributed by atoms with Crippen molar-refractivity contribution in [3.05, 3.63) is 29.8 Å². The van der Waals surface area contributed by atoms with Gasteiger partial charge < -0.3 is 30.1 Å². The maximum Gasteiger partial charge on any atom is 0.223 e. The van der Waals surface area contributed by atoms with Crippen molar-refractivity contribution in [2.24, 2.45) is 0 Å². The number of amides is 1. The quantitative estimate of drug-likeness (QED) is 0.552. The minimum Gasteiger partial charge on any atom is -0.463 e. The van der Waals surface area contributed by atoms with Crippen LogP contribution in [0.1, 0.15) is 12.5 Å². The Kier molecular flexibility index (Phi) is 5.52. The zero-order chi connectivity index (χ0) is 17.0. The van der Waals surface area contributed by atoms with Crippen LogP contribution in [-0.4, -0.2) is 58.5 Å². The van der Waals surface area contributed by atoms with Gasteiger partial charge in [-0.25, -0.2) is 0 Å². The maximum atomic E-state index is 11.3. The van der Waals surface area contributed by atoms with Crippen LogP contribution < -0.4 is 10.1 Å². The van der Waals surface area contributed by atoms with Crippen molar-refractivity contribution in [1.82, 2.24) is 5.32 Å². The fraction of sp³-hybridized carbons (Fsp3) is 0.467. The molecular formula is C15H18N2O6. The Morgan fingerprint density at radius 3 is 2.52 bits per heavy atom. The summed E-state index contributed by atoms with van der Waals surface area (Å²) >= 11 is 0. The lowest BCUT2D eigenvalue weighted by Gasteiger charge is -2.42. The number of hydrogen-bond acceptors (Lipinski definition) is 7. The molecule has 0 radical (unpaired) electrons. The van der Waals surface area contributed by atoms with Crippen molar-refractivity contribution < 1.29 is 29.6 Å². The van der Waals surface area contributed by atoms with Gasteiger partial charge in [0, 0.05) is 6.92 Å². The van der Waals surface area contributed by atoms with Gasteiger partial charge in [-0.1, -0.05) is 0 Å². The highest BCUT2D eigenvalue weighted by Crippen LogP contribution is 2.24. The SMILES string of the molecule is CC(=O)N[C@@H]1C(Oc2ccc(C#N)cc2)OC(CO)C(O)C1O. The van der Waals surface area contributed by atoms with E-state index in [1.54, 1.807) is 12.1 Å². The van der Waals surface area contributed by atoms with Gasteiger partial charge in [0.25, 0.3) is 0 Å². The highest BCUT2D eigenvalue weighted by Gasteiger charge is 2.46. The van der Waals surface area contributed by atoms with Gasteiger partial charge in [0.2, 0.25) is 12.2 Å². The number of nitriles is 1. The third kappa shape index (κ3) is 3.97. The van der Waals surface area contributed by atoms with E-state index in [9.17, 15) is 20.1 Å². The van der Waals surface area contributed by atoms with Crippen molar-refractivity contribution in [3.63, 3.8) is 0 Å². The number of rotatable bonds is 4. The molecule has 4 unspecified atom stereocenters. The topological polar surface area (TPSA) is 132 Å². The second-order valence-corrected chi connectivity index (χ2v) is 5.19. The van der Waals surface area contributed by atoms with Gasteiger partial charge in [-0.15, -0.1) is 0 Å². The Balaban J connectivity index is 2.19. The summed E-state index contributed by atoms with van der Waals surface area (Å²) in [7, 11) is 0. The smallest absolute Gasteiger partial charge is 0.223 e. The summed E-state index contributed by atoms with van der Waals surface area (Å²) in [4.78, 5) is 11.3. The Morgan fingerprint density at radius 2 is 2.00 bits per heavy atom. The molecule has 0 aromatic heterocycles. The number of carbonyl (C=O) groups excluding carboxylic acids is 1. The number of nitrogens with one attached hydrogen (secondary N) is 1. The minimum atomic E-state index is -1.37. The van der Waals surface area contributed by atoms with Crippen LogP contribution in [-0.2, 0) is 9.53 Å². The Labute approximate surface area is 132 Å². The van der Waals surface area contributed by atoms with Crippen molar-refractivity contribution in [1.29, 1.82) is 5.26 Å². The largest absolute Gasteiger partial charge is 0.463 e. The van der Waals surface area contributed by atoms with Crippen molar-refractivity contribution in [2.45, 2.75) is 37.6 Å². The standard InChI is InChI=1S/C15H18N2O6/c1-8(19)17-12-14(21)13(20)11(7-18)23-15(12)22-10-4-2-9(6-16)3-5-10/h2-5,11-15,18,20-21H,7H2,1H3,(H,17,19)/t11?,12-,13?,14?,15?/m0/s1. The molecule has 1 heterocycles. The zero-order valence-corrected chi connectivity index (χ0v) is 12.4. The van der Waals surface area contributed by atoms with Crippen LogP contribution >= 0.6 is 0 Å². The molecule has 1 aliphatic heterocycles. The summed E-state index contributed by atoms with van der Waals surface area (Å²) in [6.07, 6.45) is -4.88. The molecule has 1 amide bonds. The van der Waals surface area contributed by atoms with Crippen LogP contribution in [0.25, 0.3) is 0 Å². The molecule has 0 spiro atoms. The van der Waals surface area contributed by atoms with Crippen LogP contribution in [0, 0.1) is 11.3 Å². The molecule has 8 heteroatoms. The molecule has 1 aromatic rings. The average molecular weight is 322 g/mol. The van der Waals surface area contributed by atoms with Crippen LogP contribution in [0.2, 0.25) is 0 Å². The molecule has 1 aromatic carbocycles. The summed E-state index contributed by atoms with van der Waals surface area (Å²) in [6.45, 7) is 0.744. The van der Waals surface area contributed by atoms with Crippen LogP contribution in [0.3, 0.4) is 0 Å². The van der Waals surface area contributed by atoms with E-state index in [1.807, 2.05) is 6.07 Å². The molecule has 2 rings (SSSR count). The number of aliphatic hydroxyl groups excluding tert-OH is 3. The summed E-state index contributed by atoms with van der Waals surface area (Å²) in [5, 5.41) is 40.5. The van der Waals surface area contributed by atoms with E-state index in [-0.39, 0.29) is 0 Å². The zero-order valence-electron chi connectivity index (χ0n) is 12.4. The van der Waals surface area contributed by atoms with Gasteiger partial charge in [0.05, 0.1) is 18.2 Å². The third-order valence-electron chi connectivity index (χ3n) is 3.49. The number of aliphatic hydroxyl groups is 3. The van der Waals surface area contributed by atoms with E-state index >= 15 is 0 Å². The Bertz CT molecular complexity index is 585. The van der Waals surface area contributed by atoms with E-state index in [4.69, 9.17) is 14.7 Å². The Morgan fingerprint density at radius 1 is 1.35 bits per heavy atom. The molecule has 5 atom stereocenters. The van der Waals surface area contributed by atoms with Crippen LogP contribution in [0.5, 0.6) is 5.75 Å². The number of hydrogen-bond donors (Lipinski definition) is 4. The van der Waals surface area contributed by atoms with Gasteiger partial charge in [0.15, 0.2) is 0 Å². The summed E-state index contributed by atoms with van der Waals surface area (Å²) < 4.78 is 11.0. The summed E-state index contributed by atoms with van der Waals surface area (Å²) in [5.74, 6) is -0.0784. The van der Waals surface area contributed by atoms with Gasteiger partial charge in [-0.05, 0) is 24.3 Å². The van der Waals surface area contributed by atoms with Crippen molar-refractivity contribution in [3.8, 4) is 11.8 Å². The lowest BCUT2D eigenvalue weighted by molar-refractivity contribution is -0.244. The van der Waals surface area contributed by atoms with E-state index < -0.39 is 43.2 Å². The van der Waals surface area contributed by atoms with Crippen LogP contribution in [0.4, 0.5) is 0 Å². The van der Waals surface area contributed by atoms with E-state index in [1.165, 1.54) is 19.1 Å². The molecule has 4 N–H and O–H groups in total. The number of benzene rings is 1. The van der Waals surface area contributed by atoms with Gasteiger partial charge in [0.1, 0.15) is 30.1 Å². The molecule has 1 saturated heterocycles. The Hall–Kier alpha value is -2.18. The average Bonchev–Trinajstić information content (AvgIpc) is 2.54. The molecule has 124 valence electrons. The van der Waals surface area contributed by atoms with Gasteiger partial charge in [-0.2, -0.15) is 5.26 Å². The molecule has 0 aliphatic carbocycles. The van der Waals surface area contributed by atoms with Crippen molar-refractivity contribution >= 4 is 5.91 Å². The monoisotopic (exact) mass is 322 g/mol. The molecule has 23 heavy (non-hydrogen) atoms. The van der Waals surface area contributed by atoms with E-state index in [0.717, 1.165) is 0 Å². The predicted octanol–water partition coefficient (Wildman–Crippen LogP) is -1.12. The van der Waals surface area contributed by atoms with E-state index in [0.29, 0.717) is 11.3 Å². The number of ether oxygens (including phenoxy) is 2. The lowest BCUT2D eigenvalue weighted by Crippen LogP contribution is -2.65. The normalized spacial score (nSPS) is 30.3. The van der Waals surface area contributed by atoms with Crippen LogP contribution in [0.15, 0.2) is 24.3 Å². The molecular weight excluding hydrogens is 304 g/mol. The fourth-order valence-electron chi connectivity index (χ4n) is 2.31. The van der Waals surface area contributed by atoms with Gasteiger partial charge in [-0.3, -0.25) is 4.79 Å². The molecule has 1 aliphatic rings.